The van der Waals surface area contributed by atoms with Gasteiger partial charge in [-0.25, -0.2) is 44.3 Å². The van der Waals surface area contributed by atoms with Gasteiger partial charge in [-0.3, -0.25) is 23.5 Å². The molecule has 4 aromatic carbocycles. The Morgan fingerprint density at radius 2 is 0.864 bits per heavy atom. The number of aryl methyl sites for hydroxylation is 2. The summed E-state index contributed by atoms with van der Waals surface area (Å²) in [5, 5.41) is 16.4. The standard InChI is InChI=1S/C55H66N10O8S.C44H49N9O4S/c1-28(2)46(61-54(68)70-6)51(66)63-17-9-13-40(63)49-57-26-38(60-49)34-19-29(3)45-42-23-35-22-33(15-16-39(35)65(42)53(73-43(45)24-34)44-27-58-50(74-44)32-11-8-12-32)37-25-56-48(59-37)41-14-10-18-64(41)52(67)47(62-55(69)71-7)36-20-30(4)72-31(5)21-36;1-23(2)38(51-44(55)56-4)42(54)52-15-7-11-33(52)40-47-21-31(50-40)27-16-24(3)37-34-18-28-17-26(30-20-46-39(49-30)29-10-6-14-45-29)12-13-32(28)53(34)43(57-35(37)19-27)36-22-48-41(58-36)25-8-5-9-25/h15-16,19,22-28,30-32,36,40-41,46-47,53H,8-14,17-18,20-21H2,1-7H3,(H,56,59)(H,57,60)(H,61,68)(H,62,69);12-13,16-23,25,29,33,38,43,45H,5-11,14-15H2,1-4H3,(H,46,49)(H,47,50)(H,51,55)/t30-,31+,36?,40-,41-,46-,47+,53?;29-,33-,38-,43?/m00/s1. The Kier molecular flexibility index (Phi) is 24.2. The van der Waals surface area contributed by atoms with Gasteiger partial charge in [-0.15, -0.1) is 22.7 Å². The molecule has 31 nitrogen and oxygen atoms in total. The van der Waals surface area contributed by atoms with E-state index < -0.39 is 42.6 Å². The number of benzene rings is 4. The Hall–Kier alpha value is -12.2. The van der Waals surface area contributed by atoms with Crippen molar-refractivity contribution in [2.45, 2.75) is 237 Å². The van der Waals surface area contributed by atoms with Gasteiger partial charge in [0.05, 0.1) is 147 Å². The maximum absolute atomic E-state index is 14.5. The van der Waals surface area contributed by atoms with Crippen molar-refractivity contribution in [2.24, 2.45) is 17.8 Å². The first-order valence-corrected chi connectivity index (χ1v) is 48.5. The van der Waals surface area contributed by atoms with Crippen LogP contribution in [0.2, 0.25) is 0 Å². The zero-order valence-corrected chi connectivity index (χ0v) is 78.0. The van der Waals surface area contributed by atoms with Crippen LogP contribution in [0.1, 0.15) is 247 Å². The molecule has 3 unspecified atom stereocenters. The second-order valence-corrected chi connectivity index (χ2v) is 40.0. The predicted octanol–water partition coefficient (Wildman–Crippen LogP) is 18.2. The van der Waals surface area contributed by atoms with Gasteiger partial charge in [-0.2, -0.15) is 0 Å². The van der Waals surface area contributed by atoms with E-state index in [9.17, 15) is 28.8 Å². The SMILES string of the molecule is COC(=O)N[C@H](C(=O)N1CCC[C@H]1c1ncc(-c2cc(C)c3c(c2)OC(c2cnc(C4CCC4)s2)n2c-3cc3cc(-c4cnc([C@@H]5CCCN5)[nH]4)ccc32)[nH]1)C(C)C.COC(=O)N[C@H](C(=O)N1CCC[C@H]1c1ncc(-c2cc(C)c3c(c2)OC(c2cnc(C4CCC4)s2)n2c-3cc3cc(-c4cnc([C@@H]5CCCN5C(=O)[C@H](NC(=O)OC)C5C[C@@H](C)O[C@@H](C)C5)[nH]4)ccc32)[nH]1)C(C)C. The van der Waals surface area contributed by atoms with E-state index in [1.807, 2.05) is 93.4 Å². The van der Waals surface area contributed by atoms with Crippen LogP contribution in [-0.4, -0.2) is 188 Å². The second kappa shape index (κ2) is 36.4. The lowest BCUT2D eigenvalue weighted by Gasteiger charge is -2.38. The smallest absolute Gasteiger partial charge is 0.407 e. The number of alkyl carbamates (subject to hydrolysis) is 3. The van der Waals surface area contributed by atoms with Crippen LogP contribution in [-0.2, 0) is 33.3 Å². The van der Waals surface area contributed by atoms with Crippen LogP contribution in [0.3, 0.4) is 0 Å². The van der Waals surface area contributed by atoms with Crippen molar-refractivity contribution in [3.8, 4) is 79.0 Å². The van der Waals surface area contributed by atoms with E-state index in [-0.39, 0.29) is 78.1 Å². The van der Waals surface area contributed by atoms with Crippen LogP contribution < -0.4 is 30.7 Å². The monoisotopic (exact) mass is 1830 g/mol. The van der Waals surface area contributed by atoms with Gasteiger partial charge in [0.2, 0.25) is 30.2 Å². The molecule has 15 heterocycles. The van der Waals surface area contributed by atoms with Crippen molar-refractivity contribution in [3.63, 3.8) is 0 Å². The average molecular weight is 1830 g/mol. The fourth-order valence-electron chi connectivity index (χ4n) is 21.3. The van der Waals surface area contributed by atoms with Crippen LogP contribution in [0.25, 0.3) is 89.4 Å². The van der Waals surface area contributed by atoms with Crippen molar-refractivity contribution in [1.82, 2.24) is 94.9 Å². The number of amides is 6. The number of thiazole rings is 2. The van der Waals surface area contributed by atoms with Crippen LogP contribution >= 0.6 is 22.7 Å². The molecule has 21 rings (SSSR count). The predicted molar refractivity (Wildman–Crippen MR) is 501 cm³/mol. The van der Waals surface area contributed by atoms with E-state index in [0.717, 1.165) is 203 Å². The molecule has 9 aliphatic rings. The second-order valence-electron chi connectivity index (χ2n) is 37.8. The minimum absolute atomic E-state index is 0.0339. The number of methoxy groups -OCH3 is 3. The van der Waals surface area contributed by atoms with E-state index in [1.165, 1.54) is 58.4 Å². The molecule has 6 amide bonds. The molecule has 5 saturated heterocycles. The van der Waals surface area contributed by atoms with Gasteiger partial charge in [0.1, 0.15) is 52.9 Å². The minimum Gasteiger partial charge on any atom is -0.464 e. The molecular weight excluding hydrogens is 1710 g/mol. The number of carbonyl (C=O) groups is 6. The summed E-state index contributed by atoms with van der Waals surface area (Å²) < 4.78 is 39.5. The molecule has 7 aliphatic heterocycles. The number of fused-ring (bicyclic) bond motifs is 10. The number of rotatable bonds is 21. The number of aromatic amines is 4. The summed E-state index contributed by atoms with van der Waals surface area (Å²) in [6, 6.07) is 23.5. The molecular formula is C99H115N19O12S2. The van der Waals surface area contributed by atoms with Crippen molar-refractivity contribution < 1.29 is 57.2 Å². The highest BCUT2D eigenvalue weighted by molar-refractivity contribution is 7.12. The Labute approximate surface area is 773 Å². The van der Waals surface area contributed by atoms with Gasteiger partial charge >= 0.3 is 18.3 Å². The number of imidazole rings is 4. The van der Waals surface area contributed by atoms with E-state index in [0.29, 0.717) is 56.0 Å². The maximum atomic E-state index is 14.5. The minimum atomic E-state index is -0.745. The summed E-state index contributed by atoms with van der Waals surface area (Å²) in [7, 11) is 3.92. The van der Waals surface area contributed by atoms with Gasteiger partial charge in [0.25, 0.3) is 0 Å². The number of carbonyl (C=O) groups excluding carboxylic acids is 6. The summed E-state index contributed by atoms with van der Waals surface area (Å²) in [5.41, 5.74) is 15.8. The molecule has 12 atom stereocenters. The fraction of sp³-hybridized carbons (Fsp3) is 0.475. The number of likely N-dealkylation sites (tertiary alicyclic amines) is 3. The third-order valence-corrected chi connectivity index (χ3v) is 30.9. The van der Waals surface area contributed by atoms with Gasteiger partial charge < -0.3 is 84.3 Å². The highest BCUT2D eigenvalue weighted by Gasteiger charge is 2.46. The third-order valence-electron chi connectivity index (χ3n) is 28.5. The van der Waals surface area contributed by atoms with Gasteiger partial charge in [-0.1, -0.05) is 52.7 Å². The van der Waals surface area contributed by atoms with Crippen LogP contribution in [0.5, 0.6) is 11.5 Å². The number of hydrogen-bond donors (Lipinski definition) is 8. The topological polar surface area (TPSA) is 366 Å². The molecule has 0 bridgehead atoms. The lowest BCUT2D eigenvalue weighted by atomic mass is 9.85. The first-order valence-electron chi connectivity index (χ1n) is 46.9. The van der Waals surface area contributed by atoms with Gasteiger partial charge in [0.15, 0.2) is 0 Å². The Bertz CT molecular complexity index is 6360. The Morgan fingerprint density at radius 3 is 1.27 bits per heavy atom. The van der Waals surface area contributed by atoms with E-state index in [4.69, 9.17) is 58.3 Å². The largest absolute Gasteiger partial charge is 0.464 e. The fourth-order valence-corrected chi connectivity index (χ4v) is 23.5. The summed E-state index contributed by atoms with van der Waals surface area (Å²) >= 11 is 3.49. The number of nitrogens with zero attached hydrogens (tertiary/aromatic N) is 11. The number of nitrogens with one attached hydrogen (secondary N) is 8. The molecule has 8 N–H and O–H groups in total. The molecule has 8 aromatic heterocycles. The molecule has 132 heavy (non-hydrogen) atoms. The molecule has 690 valence electrons. The molecule has 33 heteroatoms. The van der Waals surface area contributed by atoms with Crippen molar-refractivity contribution in [3.05, 3.63) is 164 Å². The van der Waals surface area contributed by atoms with E-state index >= 15 is 0 Å². The number of ether oxygens (including phenoxy) is 6. The average Bonchev–Trinajstić information content (AvgIpc) is 1.56. The van der Waals surface area contributed by atoms with Crippen molar-refractivity contribution in [1.29, 1.82) is 0 Å². The van der Waals surface area contributed by atoms with Gasteiger partial charge in [-0.05, 0) is 214 Å². The molecule has 0 radical (unpaired) electrons. The van der Waals surface area contributed by atoms with E-state index in [2.05, 4.69) is 137 Å². The molecule has 2 aliphatic carbocycles. The Morgan fingerprint density at radius 1 is 0.455 bits per heavy atom. The lowest BCUT2D eigenvalue weighted by Crippen LogP contribution is -2.54. The van der Waals surface area contributed by atoms with Gasteiger partial charge in [0, 0.05) is 88.0 Å². The molecule has 0 spiro atoms. The van der Waals surface area contributed by atoms with Crippen LogP contribution in [0.4, 0.5) is 14.4 Å². The zero-order chi connectivity index (χ0) is 91.2. The summed E-state index contributed by atoms with van der Waals surface area (Å²) in [6.07, 6.45) is 24.1. The quantitative estimate of drug-likeness (QED) is 0.0310. The van der Waals surface area contributed by atoms with Crippen molar-refractivity contribution in [2.75, 3.05) is 47.5 Å². The highest BCUT2D eigenvalue weighted by Crippen LogP contribution is 2.53. The lowest BCUT2D eigenvalue weighted by molar-refractivity contribution is -0.139. The third kappa shape index (κ3) is 16.6. The van der Waals surface area contributed by atoms with E-state index in [1.54, 1.807) is 22.7 Å². The maximum Gasteiger partial charge on any atom is 0.407 e. The molecule has 12 aromatic rings. The first-order chi connectivity index (χ1) is 64.0. The number of H-pyrrole nitrogens is 4. The zero-order valence-electron chi connectivity index (χ0n) is 76.4. The summed E-state index contributed by atoms with van der Waals surface area (Å²) in [5.74, 6) is 4.93. The Balaban J connectivity index is 0.000000169. The molecule has 2 saturated carbocycles. The van der Waals surface area contributed by atoms with Crippen molar-refractivity contribution >= 4 is 80.5 Å². The number of aromatic nitrogens is 12. The van der Waals surface area contributed by atoms with Crippen LogP contribution in [0, 0.1) is 31.6 Å². The number of hydrogen-bond acceptors (Lipinski definition) is 21. The highest BCUT2D eigenvalue weighted by atomic mass is 32.1. The van der Waals surface area contributed by atoms with Crippen LogP contribution in [0.15, 0.2) is 110 Å². The summed E-state index contributed by atoms with van der Waals surface area (Å²) in [4.78, 5) is 130. The summed E-state index contributed by atoms with van der Waals surface area (Å²) in [6.45, 7) is 18.7. The molecule has 7 fully saturated rings. The first kappa shape index (κ1) is 87.8. The normalized spacial score (nSPS) is 22.3.